The molecule has 11 heteroatoms. The number of aromatic nitrogens is 3. The molecule has 0 radical (unpaired) electrons. The maximum atomic E-state index is 11.9. The Morgan fingerprint density at radius 3 is 2.93 bits per heavy atom. The van der Waals surface area contributed by atoms with Gasteiger partial charge in [-0.1, -0.05) is 0 Å². The standard InChI is InChI=1S/C17H30N8O2.HI/c1-23(2)16(26)11-19-17(18-5-6-24-7-9-27-10-8-24)22-14-3-4-15-20-13-21-25(15)12-14;/h13-14H,3-12H2,1-2H3,(H2,18,19,22);1H. The predicted octanol–water partition coefficient (Wildman–Crippen LogP) is -0.833. The van der Waals surface area contributed by atoms with Crippen molar-refractivity contribution in [3.63, 3.8) is 0 Å². The number of ether oxygens (including phenoxy) is 1. The smallest absolute Gasteiger partial charge is 0.243 e. The first-order chi connectivity index (χ1) is 13.1. The Hall–Kier alpha value is -1.47. The van der Waals surface area contributed by atoms with Crippen molar-refractivity contribution in [1.29, 1.82) is 0 Å². The predicted molar refractivity (Wildman–Crippen MR) is 117 cm³/mol. The van der Waals surface area contributed by atoms with Crippen LogP contribution >= 0.6 is 24.0 Å². The average molecular weight is 506 g/mol. The summed E-state index contributed by atoms with van der Waals surface area (Å²) in [4.78, 5) is 24.6. The van der Waals surface area contributed by atoms with Crippen LogP contribution in [-0.4, -0.2) is 103 Å². The van der Waals surface area contributed by atoms with Crippen LogP contribution in [-0.2, 0) is 22.5 Å². The van der Waals surface area contributed by atoms with E-state index < -0.39 is 0 Å². The van der Waals surface area contributed by atoms with E-state index in [4.69, 9.17) is 4.74 Å². The molecule has 0 aliphatic carbocycles. The number of carbonyl (C=O) groups excluding carboxylic acids is 1. The molecule has 1 atom stereocenters. The molecule has 0 bridgehead atoms. The van der Waals surface area contributed by atoms with Gasteiger partial charge in [0.1, 0.15) is 18.7 Å². The molecule has 3 rings (SSSR count). The summed E-state index contributed by atoms with van der Waals surface area (Å²) in [6.45, 7) is 6.06. The zero-order valence-corrected chi connectivity index (χ0v) is 19.0. The van der Waals surface area contributed by atoms with E-state index >= 15 is 0 Å². The Labute approximate surface area is 183 Å². The summed E-state index contributed by atoms with van der Waals surface area (Å²) in [7, 11) is 3.48. The number of halogens is 1. The molecule has 0 aromatic carbocycles. The van der Waals surface area contributed by atoms with Crippen molar-refractivity contribution in [2.75, 3.05) is 60.0 Å². The maximum Gasteiger partial charge on any atom is 0.243 e. The van der Waals surface area contributed by atoms with Gasteiger partial charge < -0.3 is 20.3 Å². The number of morpholine rings is 1. The molecule has 1 aromatic rings. The fraction of sp³-hybridized carbons (Fsp3) is 0.765. The van der Waals surface area contributed by atoms with Crippen LogP contribution in [0.4, 0.5) is 0 Å². The number of carbonyl (C=O) groups is 1. The van der Waals surface area contributed by atoms with E-state index in [9.17, 15) is 4.79 Å². The Morgan fingerprint density at radius 1 is 1.39 bits per heavy atom. The number of guanidine groups is 1. The summed E-state index contributed by atoms with van der Waals surface area (Å²) in [5, 5.41) is 11.1. The molecule has 10 nitrogen and oxygen atoms in total. The van der Waals surface area contributed by atoms with Gasteiger partial charge in [0.2, 0.25) is 5.91 Å². The largest absolute Gasteiger partial charge is 0.379 e. The van der Waals surface area contributed by atoms with Crippen molar-refractivity contribution >= 4 is 35.8 Å². The van der Waals surface area contributed by atoms with Crippen LogP contribution in [0.3, 0.4) is 0 Å². The lowest BCUT2D eigenvalue weighted by atomic mass is 10.1. The number of nitrogens with one attached hydrogen (secondary N) is 2. The van der Waals surface area contributed by atoms with Gasteiger partial charge in [0.15, 0.2) is 5.96 Å². The molecule has 0 spiro atoms. The second kappa shape index (κ2) is 11.5. The molecule has 28 heavy (non-hydrogen) atoms. The zero-order valence-electron chi connectivity index (χ0n) is 16.6. The minimum absolute atomic E-state index is 0. The molecule has 2 aliphatic heterocycles. The van der Waals surface area contributed by atoms with Crippen LogP contribution in [0.15, 0.2) is 11.3 Å². The second-order valence-electron chi connectivity index (χ2n) is 7.07. The second-order valence-corrected chi connectivity index (χ2v) is 7.07. The first-order valence-electron chi connectivity index (χ1n) is 9.53. The molecule has 1 fully saturated rings. The van der Waals surface area contributed by atoms with E-state index in [1.54, 1.807) is 25.3 Å². The third-order valence-corrected chi connectivity index (χ3v) is 4.84. The molecule has 158 valence electrons. The number of nitrogens with zero attached hydrogens (tertiary/aromatic N) is 6. The minimum atomic E-state index is -0.0218. The van der Waals surface area contributed by atoms with Crippen LogP contribution < -0.4 is 10.6 Å². The van der Waals surface area contributed by atoms with Gasteiger partial charge in [-0.3, -0.25) is 9.69 Å². The highest BCUT2D eigenvalue weighted by atomic mass is 127. The van der Waals surface area contributed by atoms with Crippen LogP contribution in [0.2, 0.25) is 0 Å². The zero-order chi connectivity index (χ0) is 19.1. The fourth-order valence-corrected chi connectivity index (χ4v) is 3.15. The Morgan fingerprint density at radius 2 is 2.18 bits per heavy atom. The number of hydrogen-bond donors (Lipinski definition) is 2. The van der Waals surface area contributed by atoms with E-state index in [2.05, 4.69) is 30.6 Å². The van der Waals surface area contributed by atoms with Crippen molar-refractivity contribution < 1.29 is 9.53 Å². The Kier molecular flexibility index (Phi) is 9.38. The van der Waals surface area contributed by atoms with Crippen molar-refractivity contribution in [2.24, 2.45) is 4.99 Å². The van der Waals surface area contributed by atoms with Gasteiger partial charge >= 0.3 is 0 Å². The number of aliphatic imine (C=N–C) groups is 1. The number of amides is 1. The van der Waals surface area contributed by atoms with Crippen molar-refractivity contribution in [1.82, 2.24) is 35.2 Å². The van der Waals surface area contributed by atoms with Crippen molar-refractivity contribution in [2.45, 2.75) is 25.4 Å². The molecule has 2 N–H and O–H groups in total. The van der Waals surface area contributed by atoms with E-state index in [1.165, 1.54) is 0 Å². The molecular formula is C17H31IN8O2. The lowest BCUT2D eigenvalue weighted by Crippen LogP contribution is -2.49. The van der Waals surface area contributed by atoms with E-state index in [1.807, 2.05) is 4.68 Å². The monoisotopic (exact) mass is 506 g/mol. The summed E-state index contributed by atoms with van der Waals surface area (Å²) < 4.78 is 7.31. The maximum absolute atomic E-state index is 11.9. The first-order valence-corrected chi connectivity index (χ1v) is 9.53. The number of aryl methyl sites for hydroxylation is 1. The third kappa shape index (κ3) is 6.85. The minimum Gasteiger partial charge on any atom is -0.379 e. The SMILES string of the molecule is CN(C)C(=O)CN=C(NCCN1CCOCC1)NC1CCc2ncnn2C1.I. The number of hydrogen-bond acceptors (Lipinski definition) is 6. The van der Waals surface area contributed by atoms with Gasteiger partial charge in [-0.2, -0.15) is 5.10 Å². The Balaban J connectivity index is 0.00000280. The van der Waals surface area contributed by atoms with Crippen LogP contribution in [0.25, 0.3) is 0 Å². The summed E-state index contributed by atoms with van der Waals surface area (Å²) in [6.07, 6.45) is 3.45. The van der Waals surface area contributed by atoms with E-state index in [0.717, 1.165) is 64.6 Å². The van der Waals surface area contributed by atoms with Gasteiger partial charge in [-0.15, -0.1) is 24.0 Å². The molecule has 3 heterocycles. The number of likely N-dealkylation sites (N-methyl/N-ethyl adjacent to an activating group) is 1. The molecule has 2 aliphatic rings. The third-order valence-electron chi connectivity index (χ3n) is 4.84. The quantitative estimate of drug-likeness (QED) is 0.295. The molecular weight excluding hydrogens is 475 g/mol. The van der Waals surface area contributed by atoms with Gasteiger partial charge in [0.05, 0.1) is 19.8 Å². The first kappa shape index (κ1) is 22.8. The topological polar surface area (TPSA) is 99.9 Å². The molecule has 1 saturated heterocycles. The number of fused-ring (bicyclic) bond motifs is 1. The average Bonchev–Trinajstić information content (AvgIpc) is 3.14. The summed E-state index contributed by atoms with van der Waals surface area (Å²) in [5.74, 6) is 1.67. The molecule has 1 amide bonds. The highest BCUT2D eigenvalue weighted by Gasteiger charge is 2.21. The molecule has 1 unspecified atom stereocenters. The van der Waals surface area contributed by atoms with Crippen molar-refractivity contribution in [3.8, 4) is 0 Å². The molecule has 0 saturated carbocycles. The van der Waals surface area contributed by atoms with Crippen molar-refractivity contribution in [3.05, 3.63) is 12.2 Å². The summed E-state index contributed by atoms with van der Waals surface area (Å²) in [6, 6.07) is 0.211. The van der Waals surface area contributed by atoms with Crippen LogP contribution in [0.5, 0.6) is 0 Å². The number of rotatable bonds is 6. The highest BCUT2D eigenvalue weighted by Crippen LogP contribution is 2.11. The normalized spacial score (nSPS) is 20.1. The van der Waals surface area contributed by atoms with Crippen LogP contribution in [0, 0.1) is 0 Å². The lowest BCUT2D eigenvalue weighted by molar-refractivity contribution is -0.127. The Bertz CT molecular complexity index is 645. The lowest BCUT2D eigenvalue weighted by Gasteiger charge is -2.28. The highest BCUT2D eigenvalue weighted by molar-refractivity contribution is 14.0. The van der Waals surface area contributed by atoms with Gasteiger partial charge in [-0.05, 0) is 6.42 Å². The van der Waals surface area contributed by atoms with Crippen LogP contribution in [0.1, 0.15) is 12.2 Å². The van der Waals surface area contributed by atoms with Gasteiger partial charge in [0.25, 0.3) is 0 Å². The van der Waals surface area contributed by atoms with E-state index in [-0.39, 0.29) is 42.5 Å². The summed E-state index contributed by atoms with van der Waals surface area (Å²) >= 11 is 0. The fourth-order valence-electron chi connectivity index (χ4n) is 3.15. The molecule has 1 aromatic heterocycles. The van der Waals surface area contributed by atoms with E-state index in [0.29, 0.717) is 5.96 Å². The van der Waals surface area contributed by atoms with Gasteiger partial charge in [-0.25, -0.2) is 14.7 Å². The summed E-state index contributed by atoms with van der Waals surface area (Å²) in [5.41, 5.74) is 0. The van der Waals surface area contributed by atoms with Gasteiger partial charge in [0, 0.05) is 52.7 Å².